The van der Waals surface area contributed by atoms with Crippen LogP contribution in [0.4, 0.5) is 4.79 Å². The lowest BCUT2D eigenvalue weighted by atomic mass is 9.84. The third-order valence-corrected chi connectivity index (χ3v) is 3.18. The van der Waals surface area contributed by atoms with E-state index in [2.05, 4.69) is 24.5 Å². The number of carbonyl (C=O) groups is 1. The molecule has 1 aliphatic rings. The van der Waals surface area contributed by atoms with Crippen LogP contribution in [0.15, 0.2) is 0 Å². The molecule has 94 valence electrons. The Morgan fingerprint density at radius 1 is 1.38 bits per heavy atom. The topological polar surface area (TPSA) is 61.4 Å². The third-order valence-electron chi connectivity index (χ3n) is 3.18. The minimum atomic E-state index is -0.888. The van der Waals surface area contributed by atoms with Gasteiger partial charge in [0.2, 0.25) is 0 Å². The molecule has 3 N–H and O–H groups in total. The summed E-state index contributed by atoms with van der Waals surface area (Å²) in [5.41, 5.74) is 0. The normalized spacial score (nSPS) is 25.7. The highest BCUT2D eigenvalue weighted by Gasteiger charge is 2.25. The molecule has 1 fully saturated rings. The zero-order chi connectivity index (χ0) is 12.0. The van der Waals surface area contributed by atoms with Crippen LogP contribution in [0.2, 0.25) is 0 Å². The monoisotopic (exact) mass is 228 g/mol. The van der Waals surface area contributed by atoms with Crippen molar-refractivity contribution in [2.45, 2.75) is 45.6 Å². The van der Waals surface area contributed by atoms with Crippen LogP contribution >= 0.6 is 0 Å². The highest BCUT2D eigenvalue weighted by Crippen LogP contribution is 2.23. The predicted octanol–water partition coefficient (Wildman–Crippen LogP) is 2.06. The number of rotatable bonds is 5. The first-order chi connectivity index (χ1) is 7.59. The second-order valence-electron chi connectivity index (χ2n) is 5.15. The molecule has 1 rings (SSSR count). The van der Waals surface area contributed by atoms with Crippen LogP contribution in [0.1, 0.15) is 39.5 Å². The number of amides is 1. The maximum absolute atomic E-state index is 10.7. The van der Waals surface area contributed by atoms with Crippen molar-refractivity contribution in [1.82, 2.24) is 10.6 Å². The van der Waals surface area contributed by atoms with Gasteiger partial charge in [-0.3, -0.25) is 0 Å². The Balaban J connectivity index is 2.31. The summed E-state index contributed by atoms with van der Waals surface area (Å²) in [6.07, 6.45) is 3.61. The van der Waals surface area contributed by atoms with Crippen molar-refractivity contribution in [1.29, 1.82) is 0 Å². The summed E-state index contributed by atoms with van der Waals surface area (Å²) in [4.78, 5) is 10.7. The fourth-order valence-corrected chi connectivity index (χ4v) is 2.36. The Morgan fingerprint density at radius 2 is 2.06 bits per heavy atom. The highest BCUT2D eigenvalue weighted by atomic mass is 16.4. The van der Waals surface area contributed by atoms with Crippen molar-refractivity contribution in [2.24, 2.45) is 11.8 Å². The van der Waals surface area contributed by atoms with Gasteiger partial charge < -0.3 is 15.7 Å². The van der Waals surface area contributed by atoms with E-state index in [1.165, 1.54) is 6.42 Å². The molecule has 2 atom stereocenters. The van der Waals surface area contributed by atoms with Gasteiger partial charge in [-0.25, -0.2) is 4.79 Å². The van der Waals surface area contributed by atoms with E-state index in [0.29, 0.717) is 11.8 Å². The first kappa shape index (κ1) is 13.3. The second-order valence-corrected chi connectivity index (χ2v) is 5.15. The molecule has 0 heterocycles. The Kier molecular flexibility index (Phi) is 5.60. The van der Waals surface area contributed by atoms with E-state index in [0.717, 1.165) is 32.4 Å². The molecule has 0 aromatic carbocycles. The predicted molar refractivity (Wildman–Crippen MR) is 64.6 cm³/mol. The quantitative estimate of drug-likeness (QED) is 0.675. The molecule has 0 radical (unpaired) electrons. The lowest BCUT2D eigenvalue weighted by Gasteiger charge is -2.31. The van der Waals surface area contributed by atoms with E-state index in [-0.39, 0.29) is 6.04 Å². The first-order valence-electron chi connectivity index (χ1n) is 6.29. The van der Waals surface area contributed by atoms with Gasteiger partial charge in [-0.1, -0.05) is 26.7 Å². The molecule has 4 heteroatoms. The van der Waals surface area contributed by atoms with E-state index < -0.39 is 6.09 Å². The Bertz CT molecular complexity index is 219. The molecule has 1 amide bonds. The van der Waals surface area contributed by atoms with Crippen molar-refractivity contribution < 1.29 is 9.90 Å². The SMILES string of the molecule is CC(C)CNCC1CCCCC1NC(=O)O. The number of hydrogen-bond donors (Lipinski definition) is 3. The van der Waals surface area contributed by atoms with Gasteiger partial charge in [0, 0.05) is 6.04 Å². The molecule has 16 heavy (non-hydrogen) atoms. The van der Waals surface area contributed by atoms with Gasteiger partial charge in [0.1, 0.15) is 0 Å². The molecule has 1 saturated carbocycles. The molecular formula is C12H24N2O2. The van der Waals surface area contributed by atoms with Crippen LogP contribution in [0.25, 0.3) is 0 Å². The average Bonchev–Trinajstić information content (AvgIpc) is 2.19. The summed E-state index contributed by atoms with van der Waals surface area (Å²) < 4.78 is 0. The van der Waals surface area contributed by atoms with E-state index in [4.69, 9.17) is 5.11 Å². The van der Waals surface area contributed by atoms with Crippen LogP contribution in [-0.4, -0.2) is 30.3 Å². The molecule has 0 aromatic heterocycles. The van der Waals surface area contributed by atoms with E-state index in [1.807, 2.05) is 0 Å². The standard InChI is InChI=1S/C12H24N2O2/c1-9(2)7-13-8-10-5-3-4-6-11(10)14-12(15)16/h9-11,13-14H,3-8H2,1-2H3,(H,15,16). The van der Waals surface area contributed by atoms with Gasteiger partial charge in [-0.15, -0.1) is 0 Å². The summed E-state index contributed by atoms with van der Waals surface area (Å²) in [7, 11) is 0. The highest BCUT2D eigenvalue weighted by molar-refractivity contribution is 5.64. The van der Waals surface area contributed by atoms with Crippen LogP contribution in [0, 0.1) is 11.8 Å². The summed E-state index contributed by atoms with van der Waals surface area (Å²) in [5.74, 6) is 1.11. The number of carboxylic acid groups (broad SMARTS) is 1. The van der Waals surface area contributed by atoms with Gasteiger partial charge in [0.15, 0.2) is 0 Å². The van der Waals surface area contributed by atoms with Gasteiger partial charge in [0.25, 0.3) is 0 Å². The molecule has 0 spiro atoms. The van der Waals surface area contributed by atoms with Crippen molar-refractivity contribution in [2.75, 3.05) is 13.1 Å². The van der Waals surface area contributed by atoms with E-state index in [9.17, 15) is 4.79 Å². The van der Waals surface area contributed by atoms with Crippen molar-refractivity contribution in [3.8, 4) is 0 Å². The lowest BCUT2D eigenvalue weighted by Crippen LogP contribution is -2.45. The van der Waals surface area contributed by atoms with Gasteiger partial charge >= 0.3 is 6.09 Å². The smallest absolute Gasteiger partial charge is 0.404 e. The van der Waals surface area contributed by atoms with Crippen LogP contribution in [0.5, 0.6) is 0 Å². The lowest BCUT2D eigenvalue weighted by molar-refractivity contribution is 0.174. The van der Waals surface area contributed by atoms with Crippen LogP contribution in [-0.2, 0) is 0 Å². The Labute approximate surface area is 97.8 Å². The molecule has 1 aliphatic carbocycles. The first-order valence-corrected chi connectivity index (χ1v) is 6.29. The summed E-state index contributed by atoms with van der Waals surface area (Å²) in [6.45, 7) is 6.31. The van der Waals surface area contributed by atoms with Gasteiger partial charge in [-0.05, 0) is 37.8 Å². The largest absolute Gasteiger partial charge is 0.465 e. The molecule has 0 aliphatic heterocycles. The fraction of sp³-hybridized carbons (Fsp3) is 0.917. The zero-order valence-corrected chi connectivity index (χ0v) is 10.3. The third kappa shape index (κ3) is 4.84. The minimum Gasteiger partial charge on any atom is -0.465 e. The number of nitrogens with one attached hydrogen (secondary N) is 2. The molecule has 2 unspecified atom stereocenters. The fourth-order valence-electron chi connectivity index (χ4n) is 2.36. The molecule has 0 bridgehead atoms. The Hall–Kier alpha value is -0.770. The van der Waals surface area contributed by atoms with Gasteiger partial charge in [-0.2, -0.15) is 0 Å². The summed E-state index contributed by atoms with van der Waals surface area (Å²) in [6, 6.07) is 0.144. The Morgan fingerprint density at radius 3 is 2.69 bits per heavy atom. The maximum Gasteiger partial charge on any atom is 0.404 e. The summed E-state index contributed by atoms with van der Waals surface area (Å²) >= 11 is 0. The zero-order valence-electron chi connectivity index (χ0n) is 10.3. The van der Waals surface area contributed by atoms with E-state index >= 15 is 0 Å². The maximum atomic E-state index is 10.7. The molecule has 0 saturated heterocycles. The molecular weight excluding hydrogens is 204 g/mol. The van der Waals surface area contributed by atoms with Crippen LogP contribution < -0.4 is 10.6 Å². The second kappa shape index (κ2) is 6.74. The number of hydrogen-bond acceptors (Lipinski definition) is 2. The van der Waals surface area contributed by atoms with Crippen molar-refractivity contribution in [3.05, 3.63) is 0 Å². The van der Waals surface area contributed by atoms with Crippen LogP contribution in [0.3, 0.4) is 0 Å². The van der Waals surface area contributed by atoms with E-state index in [1.54, 1.807) is 0 Å². The average molecular weight is 228 g/mol. The van der Waals surface area contributed by atoms with Crippen molar-refractivity contribution >= 4 is 6.09 Å². The molecule has 4 nitrogen and oxygen atoms in total. The minimum absolute atomic E-state index is 0.144. The van der Waals surface area contributed by atoms with Gasteiger partial charge in [0.05, 0.1) is 0 Å². The molecule has 0 aromatic rings. The van der Waals surface area contributed by atoms with Crippen molar-refractivity contribution in [3.63, 3.8) is 0 Å². The summed E-state index contributed by atoms with van der Waals surface area (Å²) in [5, 5.41) is 14.8.